The quantitative estimate of drug-likeness (QED) is 0.823. The molecule has 0 bridgehead atoms. The number of aryl methyl sites for hydroxylation is 2. The molecule has 0 spiro atoms. The molecule has 0 saturated carbocycles. The maximum atomic E-state index is 5.96. The van der Waals surface area contributed by atoms with Crippen molar-refractivity contribution in [2.24, 2.45) is 0 Å². The van der Waals surface area contributed by atoms with E-state index in [0.717, 1.165) is 37.3 Å². The molecule has 1 aliphatic carbocycles. The molecule has 3 heteroatoms. The van der Waals surface area contributed by atoms with Gasteiger partial charge in [-0.05, 0) is 32.1 Å². The highest BCUT2D eigenvalue weighted by atomic mass is 15.0. The van der Waals surface area contributed by atoms with Crippen molar-refractivity contribution >= 4 is 5.82 Å². The molecule has 2 N–H and O–H groups in total. The average molecular weight is 205 g/mol. The molecule has 1 aromatic heterocycles. The van der Waals surface area contributed by atoms with Gasteiger partial charge in [0.05, 0.1) is 0 Å². The fraction of sp³-hybridized carbons (Fsp3) is 0.667. The lowest BCUT2D eigenvalue weighted by molar-refractivity contribution is 0.650. The van der Waals surface area contributed by atoms with Gasteiger partial charge in [-0.25, -0.2) is 9.97 Å². The van der Waals surface area contributed by atoms with Crippen LogP contribution in [0.25, 0.3) is 0 Å². The molecule has 0 aliphatic heterocycles. The number of nitrogens with two attached hydrogens (primary N) is 1. The molecule has 2 rings (SSSR count). The summed E-state index contributed by atoms with van der Waals surface area (Å²) in [5.74, 6) is 1.67. The molecule has 82 valence electrons. The van der Waals surface area contributed by atoms with Crippen molar-refractivity contribution in [1.29, 1.82) is 0 Å². The lowest BCUT2D eigenvalue weighted by atomic mass is 9.96. The first-order valence-electron chi connectivity index (χ1n) is 5.95. The lowest BCUT2D eigenvalue weighted by Gasteiger charge is -2.16. The number of rotatable bonds is 3. The van der Waals surface area contributed by atoms with Gasteiger partial charge < -0.3 is 5.73 Å². The van der Waals surface area contributed by atoms with E-state index < -0.39 is 0 Å². The van der Waals surface area contributed by atoms with Crippen LogP contribution in [0.2, 0.25) is 0 Å². The third kappa shape index (κ3) is 2.28. The molecule has 1 aromatic rings. The number of anilines is 1. The van der Waals surface area contributed by atoms with Gasteiger partial charge in [0.15, 0.2) is 0 Å². The van der Waals surface area contributed by atoms with Crippen molar-refractivity contribution in [3.05, 3.63) is 17.1 Å². The third-order valence-corrected chi connectivity index (χ3v) is 3.02. The topological polar surface area (TPSA) is 51.8 Å². The summed E-state index contributed by atoms with van der Waals surface area (Å²) < 4.78 is 0. The van der Waals surface area contributed by atoms with Gasteiger partial charge in [-0.15, -0.1) is 0 Å². The highest BCUT2D eigenvalue weighted by Crippen LogP contribution is 2.23. The number of hydrogen-bond donors (Lipinski definition) is 1. The number of aromatic nitrogens is 2. The van der Waals surface area contributed by atoms with Gasteiger partial charge in [-0.3, -0.25) is 0 Å². The Bertz CT molecular complexity index is 347. The van der Waals surface area contributed by atoms with E-state index in [0.29, 0.717) is 0 Å². The van der Waals surface area contributed by atoms with Gasteiger partial charge in [-0.1, -0.05) is 13.3 Å². The Kier molecular flexibility index (Phi) is 3.19. The molecule has 0 amide bonds. The monoisotopic (exact) mass is 205 g/mol. The van der Waals surface area contributed by atoms with Crippen molar-refractivity contribution < 1.29 is 0 Å². The molecule has 0 fully saturated rings. The van der Waals surface area contributed by atoms with E-state index in [4.69, 9.17) is 5.73 Å². The SMILES string of the molecule is CCCCc1nc(N)c2c(n1)CCCC2. The van der Waals surface area contributed by atoms with Crippen LogP contribution in [0.15, 0.2) is 0 Å². The molecule has 0 saturated heterocycles. The van der Waals surface area contributed by atoms with Crippen molar-refractivity contribution in [2.45, 2.75) is 51.9 Å². The van der Waals surface area contributed by atoms with Crippen molar-refractivity contribution in [1.82, 2.24) is 9.97 Å². The summed E-state index contributed by atoms with van der Waals surface area (Å²) in [4.78, 5) is 9.01. The van der Waals surface area contributed by atoms with Crippen LogP contribution in [0, 0.1) is 0 Å². The second-order valence-electron chi connectivity index (χ2n) is 4.26. The van der Waals surface area contributed by atoms with Crippen LogP contribution in [-0.4, -0.2) is 9.97 Å². The smallest absolute Gasteiger partial charge is 0.131 e. The van der Waals surface area contributed by atoms with Crippen LogP contribution in [0.1, 0.15) is 49.7 Å². The molecule has 15 heavy (non-hydrogen) atoms. The van der Waals surface area contributed by atoms with E-state index in [2.05, 4.69) is 16.9 Å². The molecular formula is C12H19N3. The minimum atomic E-state index is 0.728. The Morgan fingerprint density at radius 3 is 2.80 bits per heavy atom. The Balaban J connectivity index is 2.24. The lowest BCUT2D eigenvalue weighted by Crippen LogP contribution is -2.13. The van der Waals surface area contributed by atoms with Crippen molar-refractivity contribution in [3.63, 3.8) is 0 Å². The molecule has 0 radical (unpaired) electrons. The first kappa shape index (κ1) is 10.4. The molecule has 0 aromatic carbocycles. The zero-order valence-electron chi connectivity index (χ0n) is 9.42. The molecule has 0 atom stereocenters. The molecule has 1 heterocycles. The summed E-state index contributed by atoms with van der Waals surface area (Å²) in [6, 6.07) is 0. The molecule has 0 unspecified atom stereocenters. The summed E-state index contributed by atoms with van der Waals surface area (Å²) in [6.45, 7) is 2.18. The number of unbranched alkanes of at least 4 members (excludes halogenated alkanes) is 1. The maximum Gasteiger partial charge on any atom is 0.131 e. The minimum absolute atomic E-state index is 0.728. The standard InChI is InChI=1S/C12H19N3/c1-2-3-8-11-14-10-7-5-4-6-9(10)12(13)15-11/h2-8H2,1H3,(H2,13,14,15). The largest absolute Gasteiger partial charge is 0.383 e. The Hall–Kier alpha value is -1.12. The fourth-order valence-electron chi connectivity index (χ4n) is 2.12. The van der Waals surface area contributed by atoms with Gasteiger partial charge >= 0.3 is 0 Å². The zero-order chi connectivity index (χ0) is 10.7. The Morgan fingerprint density at radius 1 is 1.20 bits per heavy atom. The van der Waals surface area contributed by atoms with Crippen LogP contribution in [-0.2, 0) is 19.3 Å². The van der Waals surface area contributed by atoms with Gasteiger partial charge in [0.1, 0.15) is 11.6 Å². The van der Waals surface area contributed by atoms with Crippen LogP contribution in [0.3, 0.4) is 0 Å². The van der Waals surface area contributed by atoms with E-state index in [1.807, 2.05) is 0 Å². The number of fused-ring (bicyclic) bond motifs is 1. The summed E-state index contributed by atoms with van der Waals surface area (Å²) in [7, 11) is 0. The molecule has 3 nitrogen and oxygen atoms in total. The molecule has 1 aliphatic rings. The first-order valence-corrected chi connectivity index (χ1v) is 5.95. The predicted octanol–water partition coefficient (Wildman–Crippen LogP) is 2.28. The Morgan fingerprint density at radius 2 is 2.00 bits per heavy atom. The highest BCUT2D eigenvalue weighted by molar-refractivity contribution is 5.43. The second kappa shape index (κ2) is 4.60. The predicted molar refractivity (Wildman–Crippen MR) is 61.7 cm³/mol. The van der Waals surface area contributed by atoms with Gasteiger partial charge in [0.25, 0.3) is 0 Å². The third-order valence-electron chi connectivity index (χ3n) is 3.02. The van der Waals surface area contributed by atoms with Crippen molar-refractivity contribution in [2.75, 3.05) is 5.73 Å². The number of hydrogen-bond acceptors (Lipinski definition) is 3. The van der Waals surface area contributed by atoms with Gasteiger partial charge in [-0.2, -0.15) is 0 Å². The van der Waals surface area contributed by atoms with Crippen LogP contribution in [0.5, 0.6) is 0 Å². The highest BCUT2D eigenvalue weighted by Gasteiger charge is 2.15. The van der Waals surface area contributed by atoms with E-state index in [-0.39, 0.29) is 0 Å². The second-order valence-corrected chi connectivity index (χ2v) is 4.26. The summed E-state index contributed by atoms with van der Waals surface area (Å²) >= 11 is 0. The van der Waals surface area contributed by atoms with Crippen LogP contribution < -0.4 is 5.73 Å². The Labute approximate surface area is 91.1 Å². The first-order chi connectivity index (χ1) is 7.31. The van der Waals surface area contributed by atoms with E-state index in [1.54, 1.807) is 0 Å². The van der Waals surface area contributed by atoms with E-state index in [9.17, 15) is 0 Å². The summed E-state index contributed by atoms with van der Waals surface area (Å²) in [6.07, 6.45) is 7.93. The number of nitrogen functional groups attached to an aromatic ring is 1. The normalized spacial score (nSPS) is 15.0. The summed E-state index contributed by atoms with van der Waals surface area (Å²) in [5.41, 5.74) is 8.38. The van der Waals surface area contributed by atoms with E-state index in [1.165, 1.54) is 30.5 Å². The summed E-state index contributed by atoms with van der Waals surface area (Å²) in [5, 5.41) is 0. The van der Waals surface area contributed by atoms with Gasteiger partial charge in [0, 0.05) is 17.7 Å². The van der Waals surface area contributed by atoms with Crippen LogP contribution in [0.4, 0.5) is 5.82 Å². The fourth-order valence-corrected chi connectivity index (χ4v) is 2.12. The average Bonchev–Trinajstić information content (AvgIpc) is 2.26. The van der Waals surface area contributed by atoms with E-state index >= 15 is 0 Å². The molecular weight excluding hydrogens is 186 g/mol. The van der Waals surface area contributed by atoms with Crippen molar-refractivity contribution in [3.8, 4) is 0 Å². The maximum absolute atomic E-state index is 5.96. The number of nitrogens with zero attached hydrogens (tertiary/aromatic N) is 2. The minimum Gasteiger partial charge on any atom is -0.383 e. The van der Waals surface area contributed by atoms with Crippen LogP contribution >= 0.6 is 0 Å². The van der Waals surface area contributed by atoms with Gasteiger partial charge in [0.2, 0.25) is 0 Å². The zero-order valence-corrected chi connectivity index (χ0v) is 9.42.